The van der Waals surface area contributed by atoms with Gasteiger partial charge < -0.3 is 14.6 Å². The molecule has 0 unspecified atom stereocenters. The summed E-state index contributed by atoms with van der Waals surface area (Å²) in [6, 6.07) is 0. The quantitative estimate of drug-likeness (QED) is 0.715. The Kier molecular flexibility index (Phi) is 6.63. The minimum Gasteiger partial charge on any atom is -0.462 e. The van der Waals surface area contributed by atoms with Crippen molar-refractivity contribution in [1.29, 1.82) is 0 Å². The van der Waals surface area contributed by atoms with Crippen molar-refractivity contribution in [1.82, 2.24) is 15.1 Å². The molecule has 0 aromatic carbocycles. The monoisotopic (exact) mass is 366 g/mol. The number of rotatable bonds is 8. The summed E-state index contributed by atoms with van der Waals surface area (Å²) in [7, 11) is 0. The third kappa shape index (κ3) is 5.35. The topological polar surface area (TPSA) is 107 Å². The van der Waals surface area contributed by atoms with Crippen LogP contribution in [0.5, 0.6) is 0 Å². The van der Waals surface area contributed by atoms with E-state index in [-0.39, 0.29) is 11.8 Å². The van der Waals surface area contributed by atoms with Crippen molar-refractivity contribution in [2.24, 2.45) is 0 Å². The van der Waals surface area contributed by atoms with Crippen molar-refractivity contribution in [3.63, 3.8) is 0 Å². The van der Waals surface area contributed by atoms with Crippen LogP contribution in [-0.4, -0.2) is 33.6 Å². The molecule has 0 aliphatic rings. The van der Waals surface area contributed by atoms with Crippen LogP contribution in [0, 0.1) is 6.92 Å². The Balaban J connectivity index is 1.82. The fourth-order valence-corrected chi connectivity index (χ4v) is 2.90. The second-order valence-corrected chi connectivity index (χ2v) is 6.76. The van der Waals surface area contributed by atoms with Crippen LogP contribution in [-0.2, 0) is 16.0 Å². The number of hydrogen-bond donors (Lipinski definition) is 1. The average molecular weight is 366 g/mol. The summed E-state index contributed by atoms with van der Waals surface area (Å²) in [5.41, 5.74) is 0.547. The van der Waals surface area contributed by atoms with Crippen LogP contribution in [0.2, 0.25) is 0 Å². The maximum absolute atomic E-state index is 12.0. The first-order valence-corrected chi connectivity index (χ1v) is 8.99. The van der Waals surface area contributed by atoms with Gasteiger partial charge in [0.05, 0.1) is 12.3 Å². The van der Waals surface area contributed by atoms with E-state index in [0.717, 1.165) is 11.3 Å². The van der Waals surface area contributed by atoms with E-state index in [1.165, 1.54) is 0 Å². The van der Waals surface area contributed by atoms with Crippen LogP contribution in [0.1, 0.15) is 66.6 Å². The van der Waals surface area contributed by atoms with Crippen LogP contribution in [0.3, 0.4) is 0 Å². The van der Waals surface area contributed by atoms with E-state index in [9.17, 15) is 9.59 Å². The summed E-state index contributed by atoms with van der Waals surface area (Å²) in [6.45, 7) is 7.72. The molecule has 0 radical (unpaired) electrons. The van der Waals surface area contributed by atoms with Crippen molar-refractivity contribution in [2.45, 2.75) is 52.9 Å². The molecule has 2 aromatic heterocycles. The van der Waals surface area contributed by atoms with E-state index < -0.39 is 5.97 Å². The van der Waals surface area contributed by atoms with Crippen LogP contribution >= 0.6 is 11.3 Å². The van der Waals surface area contributed by atoms with Crippen molar-refractivity contribution in [3.05, 3.63) is 22.3 Å². The molecule has 9 heteroatoms. The number of amides is 1. The molecule has 0 saturated carbocycles. The molecule has 2 aromatic rings. The fourth-order valence-electron chi connectivity index (χ4n) is 2.02. The number of aryl methyl sites for hydroxylation is 2. The first-order valence-electron chi connectivity index (χ1n) is 8.17. The summed E-state index contributed by atoms with van der Waals surface area (Å²) in [5.74, 6) is 0.820. The molecule has 0 bridgehead atoms. The second-order valence-electron chi connectivity index (χ2n) is 5.76. The minimum atomic E-state index is -0.421. The average Bonchev–Trinajstić information content (AvgIpc) is 3.14. The molecular formula is C16H22N4O4S. The van der Waals surface area contributed by atoms with E-state index in [4.69, 9.17) is 9.26 Å². The second kappa shape index (κ2) is 8.70. The summed E-state index contributed by atoms with van der Waals surface area (Å²) >= 11 is 1.11. The van der Waals surface area contributed by atoms with E-state index in [1.807, 2.05) is 13.8 Å². The number of anilines is 1. The molecule has 1 N–H and O–H groups in total. The Hall–Kier alpha value is -2.29. The highest BCUT2D eigenvalue weighted by Gasteiger charge is 2.17. The molecule has 2 rings (SSSR count). The molecule has 0 spiro atoms. The van der Waals surface area contributed by atoms with Crippen LogP contribution in [0.25, 0.3) is 0 Å². The number of esters is 1. The molecule has 25 heavy (non-hydrogen) atoms. The van der Waals surface area contributed by atoms with Crippen LogP contribution in [0.4, 0.5) is 5.13 Å². The summed E-state index contributed by atoms with van der Waals surface area (Å²) < 4.78 is 10.1. The van der Waals surface area contributed by atoms with Gasteiger partial charge in [-0.2, -0.15) is 4.98 Å². The Morgan fingerprint density at radius 3 is 2.72 bits per heavy atom. The lowest BCUT2D eigenvalue weighted by atomic mass is 10.2. The normalized spacial score (nSPS) is 10.9. The summed E-state index contributed by atoms with van der Waals surface area (Å²) in [5, 5.41) is 6.98. The zero-order chi connectivity index (χ0) is 18.4. The zero-order valence-electron chi connectivity index (χ0n) is 14.8. The smallest absolute Gasteiger partial charge is 0.350 e. The van der Waals surface area contributed by atoms with Crippen molar-refractivity contribution >= 4 is 28.3 Å². The lowest BCUT2D eigenvalue weighted by Crippen LogP contribution is -2.11. The van der Waals surface area contributed by atoms with Crippen molar-refractivity contribution in [3.8, 4) is 0 Å². The maximum Gasteiger partial charge on any atom is 0.350 e. The number of carbonyl (C=O) groups excluding carboxylic acids is 2. The van der Waals surface area contributed by atoms with Crippen LogP contribution in [0.15, 0.2) is 4.52 Å². The maximum atomic E-state index is 12.0. The van der Waals surface area contributed by atoms with Gasteiger partial charge in [0.1, 0.15) is 4.88 Å². The van der Waals surface area contributed by atoms with Crippen molar-refractivity contribution in [2.75, 3.05) is 11.9 Å². The Morgan fingerprint density at radius 2 is 2.08 bits per heavy atom. The Morgan fingerprint density at radius 1 is 1.32 bits per heavy atom. The first-order chi connectivity index (χ1) is 11.9. The third-order valence-electron chi connectivity index (χ3n) is 3.30. The SMILES string of the molecule is CCOC(=O)c1sc(NC(=O)CCCc2nc(C(C)C)no2)nc1C. The molecule has 0 atom stereocenters. The van der Waals surface area contributed by atoms with Gasteiger partial charge >= 0.3 is 5.97 Å². The lowest BCUT2D eigenvalue weighted by molar-refractivity contribution is -0.116. The minimum absolute atomic E-state index is 0.173. The van der Waals surface area contributed by atoms with Gasteiger partial charge in [-0.1, -0.05) is 30.3 Å². The molecular weight excluding hydrogens is 344 g/mol. The molecule has 136 valence electrons. The molecule has 2 heterocycles. The Labute approximate surface area is 150 Å². The Bertz CT molecular complexity index is 738. The van der Waals surface area contributed by atoms with Gasteiger partial charge in [0.2, 0.25) is 11.8 Å². The number of nitrogens with one attached hydrogen (secondary N) is 1. The van der Waals surface area contributed by atoms with E-state index in [0.29, 0.717) is 53.3 Å². The van der Waals surface area contributed by atoms with E-state index >= 15 is 0 Å². The highest BCUT2D eigenvalue weighted by atomic mass is 32.1. The predicted octanol–water partition coefficient (Wildman–Crippen LogP) is 3.10. The number of hydrogen-bond acceptors (Lipinski definition) is 8. The zero-order valence-corrected chi connectivity index (χ0v) is 15.6. The number of carbonyl (C=O) groups is 2. The van der Waals surface area contributed by atoms with Gasteiger partial charge in [0.15, 0.2) is 11.0 Å². The molecule has 1 amide bonds. The summed E-state index contributed by atoms with van der Waals surface area (Å²) in [6.07, 6.45) is 1.42. The highest BCUT2D eigenvalue weighted by molar-refractivity contribution is 7.17. The lowest BCUT2D eigenvalue weighted by Gasteiger charge is -2.00. The van der Waals surface area contributed by atoms with Gasteiger partial charge in [0, 0.05) is 18.8 Å². The standard InChI is InChI=1S/C16H22N4O4S/c1-5-23-15(22)13-10(4)17-16(25-13)18-11(21)7-6-8-12-19-14(9(2)3)20-24-12/h9H,5-8H2,1-4H3,(H,17,18,21). The van der Waals surface area contributed by atoms with Gasteiger partial charge in [-0.15, -0.1) is 0 Å². The van der Waals surface area contributed by atoms with Crippen LogP contribution < -0.4 is 5.32 Å². The number of ether oxygens (including phenoxy) is 1. The third-order valence-corrected chi connectivity index (χ3v) is 4.35. The van der Waals surface area contributed by atoms with Crippen molar-refractivity contribution < 1.29 is 18.8 Å². The molecule has 0 fully saturated rings. The highest BCUT2D eigenvalue weighted by Crippen LogP contribution is 2.23. The molecule has 8 nitrogen and oxygen atoms in total. The largest absolute Gasteiger partial charge is 0.462 e. The molecule has 0 aliphatic carbocycles. The van der Waals surface area contributed by atoms with Gasteiger partial charge in [-0.3, -0.25) is 4.79 Å². The summed E-state index contributed by atoms with van der Waals surface area (Å²) in [4.78, 5) is 32.6. The molecule has 0 aliphatic heterocycles. The predicted molar refractivity (Wildman–Crippen MR) is 92.8 cm³/mol. The first kappa shape index (κ1) is 19.0. The van der Waals surface area contributed by atoms with Gasteiger partial charge in [-0.05, 0) is 20.3 Å². The number of aromatic nitrogens is 3. The molecule has 0 saturated heterocycles. The fraction of sp³-hybridized carbons (Fsp3) is 0.562. The van der Waals surface area contributed by atoms with E-state index in [2.05, 4.69) is 20.4 Å². The van der Waals surface area contributed by atoms with E-state index in [1.54, 1.807) is 13.8 Å². The van der Waals surface area contributed by atoms with Gasteiger partial charge in [-0.25, -0.2) is 9.78 Å². The number of thiazole rings is 1. The number of nitrogens with zero attached hydrogens (tertiary/aromatic N) is 3. The van der Waals surface area contributed by atoms with Gasteiger partial charge in [0.25, 0.3) is 0 Å².